The summed E-state index contributed by atoms with van der Waals surface area (Å²) in [5.74, 6) is 0. The smallest absolute Gasteiger partial charge is 0.372 e. The Morgan fingerprint density at radius 3 is 2.83 bits per heavy atom. The Bertz CT molecular complexity index is 732. The number of piperidine rings is 1. The van der Waals surface area contributed by atoms with Crippen molar-refractivity contribution in [3.63, 3.8) is 0 Å². The van der Waals surface area contributed by atoms with E-state index in [4.69, 9.17) is 4.74 Å². The molecule has 4 rings (SSSR count). The van der Waals surface area contributed by atoms with Gasteiger partial charge in [0, 0.05) is 11.8 Å². The predicted octanol–water partition coefficient (Wildman–Crippen LogP) is 3.77. The Kier molecular flexibility index (Phi) is 4.59. The van der Waals surface area contributed by atoms with Gasteiger partial charge < -0.3 is 10.1 Å². The van der Waals surface area contributed by atoms with Crippen LogP contribution in [0.2, 0.25) is 0 Å². The maximum atomic E-state index is 12.6. The fourth-order valence-corrected chi connectivity index (χ4v) is 3.36. The van der Waals surface area contributed by atoms with E-state index in [9.17, 15) is 13.2 Å². The molecule has 2 atom stereocenters. The van der Waals surface area contributed by atoms with Gasteiger partial charge in [0.05, 0.1) is 24.4 Å². The molecule has 4 nitrogen and oxygen atoms in total. The number of hydrogen-bond acceptors (Lipinski definition) is 3. The quantitative estimate of drug-likeness (QED) is 0.842. The van der Waals surface area contributed by atoms with Crippen molar-refractivity contribution in [2.24, 2.45) is 0 Å². The van der Waals surface area contributed by atoms with Gasteiger partial charge in [0.25, 0.3) is 0 Å². The first-order valence-corrected chi connectivity index (χ1v) is 7.63. The van der Waals surface area contributed by atoms with Crippen molar-refractivity contribution in [1.82, 2.24) is 15.1 Å². The second-order valence-corrected chi connectivity index (χ2v) is 5.95. The average molecular weight is 360 g/mol. The van der Waals surface area contributed by atoms with E-state index in [0.29, 0.717) is 17.9 Å². The zero-order valence-electron chi connectivity index (χ0n) is 12.7. The molecule has 1 N–H and O–H groups in total. The van der Waals surface area contributed by atoms with Gasteiger partial charge >= 0.3 is 6.30 Å². The number of rotatable bonds is 1. The monoisotopic (exact) mass is 359 g/mol. The van der Waals surface area contributed by atoms with E-state index < -0.39 is 6.30 Å². The first-order valence-electron chi connectivity index (χ1n) is 7.63. The van der Waals surface area contributed by atoms with Crippen LogP contribution in [0.1, 0.15) is 30.0 Å². The maximum absolute atomic E-state index is 12.6. The number of ether oxygens (including phenoxy) is 1. The van der Waals surface area contributed by atoms with Gasteiger partial charge in [-0.1, -0.05) is 12.1 Å². The predicted molar refractivity (Wildman–Crippen MR) is 84.8 cm³/mol. The van der Waals surface area contributed by atoms with Crippen molar-refractivity contribution >= 4 is 12.4 Å². The number of nitrogens with zero attached hydrogens (tertiary/aromatic N) is 2. The number of fused-ring (bicyclic) bond motifs is 3. The molecule has 1 fully saturated rings. The van der Waals surface area contributed by atoms with Gasteiger partial charge in [0.1, 0.15) is 0 Å². The standard InChI is InChI=1S/C16H16F3N3O.ClH/c17-16(18,19)22-7-5-13(21-22)10-3-4-12-11(8-10)9-23-14-2-1-6-20-15(12)14;/h3-5,7-8,14-15,20H,1-2,6,9H2;1H/t14-,15-;/m0./s1. The van der Waals surface area contributed by atoms with Crippen molar-refractivity contribution in [3.8, 4) is 11.3 Å². The van der Waals surface area contributed by atoms with E-state index in [1.54, 1.807) is 0 Å². The fraction of sp³-hybridized carbons (Fsp3) is 0.438. The Balaban J connectivity index is 0.00000169. The van der Waals surface area contributed by atoms with Crippen molar-refractivity contribution < 1.29 is 17.9 Å². The summed E-state index contributed by atoms with van der Waals surface area (Å²) in [5, 5.41) is 7.08. The summed E-state index contributed by atoms with van der Waals surface area (Å²) in [4.78, 5) is 0. The lowest BCUT2D eigenvalue weighted by Gasteiger charge is -2.38. The number of nitrogens with one attached hydrogen (secondary N) is 1. The van der Waals surface area contributed by atoms with Crippen LogP contribution in [0.3, 0.4) is 0 Å². The van der Waals surface area contributed by atoms with Gasteiger partial charge in [0.2, 0.25) is 0 Å². The molecule has 0 radical (unpaired) electrons. The zero-order chi connectivity index (χ0) is 16.0. The van der Waals surface area contributed by atoms with E-state index in [1.807, 2.05) is 18.2 Å². The number of hydrogen-bond donors (Lipinski definition) is 1. The molecular weight excluding hydrogens is 343 g/mol. The highest BCUT2D eigenvalue weighted by Crippen LogP contribution is 2.36. The second-order valence-electron chi connectivity index (χ2n) is 5.95. The first kappa shape index (κ1) is 17.3. The molecule has 3 heterocycles. The molecule has 1 aromatic carbocycles. The number of aromatic nitrogens is 2. The average Bonchev–Trinajstić information content (AvgIpc) is 3.04. The minimum atomic E-state index is -4.49. The topological polar surface area (TPSA) is 39.1 Å². The van der Waals surface area contributed by atoms with Crippen molar-refractivity contribution in [1.29, 1.82) is 0 Å². The molecule has 1 aromatic heterocycles. The third kappa shape index (κ3) is 3.03. The first-order chi connectivity index (χ1) is 11.0. The zero-order valence-corrected chi connectivity index (χ0v) is 13.5. The third-order valence-electron chi connectivity index (χ3n) is 4.48. The van der Waals surface area contributed by atoms with Crippen molar-refractivity contribution in [2.75, 3.05) is 6.54 Å². The van der Waals surface area contributed by atoms with E-state index >= 15 is 0 Å². The number of halogens is 4. The minimum absolute atomic E-state index is 0. The second kappa shape index (κ2) is 6.38. The Labute approximate surface area is 143 Å². The van der Waals surface area contributed by atoms with Crippen LogP contribution in [0.5, 0.6) is 0 Å². The van der Waals surface area contributed by atoms with Crippen LogP contribution in [-0.4, -0.2) is 22.4 Å². The Morgan fingerprint density at radius 2 is 2.08 bits per heavy atom. The molecule has 0 unspecified atom stereocenters. The lowest BCUT2D eigenvalue weighted by Crippen LogP contribution is -2.42. The van der Waals surface area contributed by atoms with E-state index in [2.05, 4.69) is 10.4 Å². The highest BCUT2D eigenvalue weighted by molar-refractivity contribution is 5.85. The fourth-order valence-electron chi connectivity index (χ4n) is 3.36. The SMILES string of the molecule is Cl.FC(F)(F)n1ccc(-c2ccc3c(c2)CO[C@H]2CCCN[C@@H]32)n1. The van der Waals surface area contributed by atoms with E-state index in [1.165, 1.54) is 11.6 Å². The van der Waals surface area contributed by atoms with Gasteiger partial charge in [-0.15, -0.1) is 25.6 Å². The summed E-state index contributed by atoms with van der Waals surface area (Å²) >= 11 is 0. The van der Waals surface area contributed by atoms with Crippen LogP contribution in [0.15, 0.2) is 30.5 Å². The van der Waals surface area contributed by atoms with Gasteiger partial charge in [-0.3, -0.25) is 0 Å². The lowest BCUT2D eigenvalue weighted by atomic mass is 9.88. The molecule has 24 heavy (non-hydrogen) atoms. The van der Waals surface area contributed by atoms with Crippen LogP contribution in [0, 0.1) is 0 Å². The molecule has 130 valence electrons. The molecule has 8 heteroatoms. The van der Waals surface area contributed by atoms with Crippen LogP contribution < -0.4 is 5.32 Å². The molecule has 0 bridgehead atoms. The van der Waals surface area contributed by atoms with Crippen LogP contribution in [0.4, 0.5) is 13.2 Å². The van der Waals surface area contributed by atoms with Crippen LogP contribution >= 0.6 is 12.4 Å². The summed E-state index contributed by atoms with van der Waals surface area (Å²) in [7, 11) is 0. The highest BCUT2D eigenvalue weighted by Gasteiger charge is 2.33. The molecule has 2 aliphatic heterocycles. The van der Waals surface area contributed by atoms with Crippen molar-refractivity contribution in [3.05, 3.63) is 41.6 Å². The molecular formula is C16H17ClF3N3O. The lowest BCUT2D eigenvalue weighted by molar-refractivity contribution is -0.212. The Morgan fingerprint density at radius 1 is 1.25 bits per heavy atom. The summed E-state index contributed by atoms with van der Waals surface area (Å²) in [6, 6.07) is 7.25. The third-order valence-corrected chi connectivity index (χ3v) is 4.48. The summed E-state index contributed by atoms with van der Waals surface area (Å²) in [6.45, 7) is 1.45. The van der Waals surface area contributed by atoms with Crippen molar-refractivity contribution in [2.45, 2.75) is 37.9 Å². The normalized spacial score (nSPS) is 23.1. The van der Waals surface area contributed by atoms with Crippen LogP contribution in [-0.2, 0) is 17.6 Å². The highest BCUT2D eigenvalue weighted by atomic mass is 35.5. The summed E-state index contributed by atoms with van der Waals surface area (Å²) in [5.41, 5.74) is 3.17. The molecule has 1 saturated heterocycles. The minimum Gasteiger partial charge on any atom is -0.372 e. The molecule has 0 amide bonds. The molecule has 2 aromatic rings. The number of benzene rings is 1. The van der Waals surface area contributed by atoms with Gasteiger partial charge in [-0.25, -0.2) is 0 Å². The van der Waals surface area contributed by atoms with E-state index in [0.717, 1.165) is 31.1 Å². The molecule has 0 saturated carbocycles. The van der Waals surface area contributed by atoms with Gasteiger partial charge in [0.15, 0.2) is 0 Å². The largest absolute Gasteiger partial charge is 0.504 e. The molecule has 0 aliphatic carbocycles. The molecule has 2 aliphatic rings. The summed E-state index contributed by atoms with van der Waals surface area (Å²) in [6.07, 6.45) is -1.23. The maximum Gasteiger partial charge on any atom is 0.504 e. The van der Waals surface area contributed by atoms with Gasteiger partial charge in [-0.05, 0) is 42.6 Å². The van der Waals surface area contributed by atoms with E-state index in [-0.39, 0.29) is 29.2 Å². The molecule has 0 spiro atoms. The van der Waals surface area contributed by atoms with Gasteiger partial charge in [-0.2, -0.15) is 9.78 Å². The number of alkyl halides is 3. The Hall–Kier alpha value is -1.57. The van der Waals surface area contributed by atoms with Crippen LogP contribution in [0.25, 0.3) is 11.3 Å². The summed E-state index contributed by atoms with van der Waals surface area (Å²) < 4.78 is 43.9.